The second-order valence-electron chi connectivity index (χ2n) is 5.98. The van der Waals surface area contributed by atoms with Gasteiger partial charge in [-0.05, 0) is 32.8 Å². The first kappa shape index (κ1) is 20.7. The van der Waals surface area contributed by atoms with E-state index in [-0.39, 0.29) is 12.3 Å². The number of aryl methyl sites for hydroxylation is 2. The number of ether oxygens (including phenoxy) is 1. The molecule has 27 heavy (non-hydrogen) atoms. The molecule has 0 aliphatic rings. The molecule has 0 aliphatic heterocycles. The lowest BCUT2D eigenvalue weighted by Crippen LogP contribution is -2.37. The fourth-order valence-electron chi connectivity index (χ4n) is 2.61. The molecule has 1 aromatic carbocycles. The van der Waals surface area contributed by atoms with E-state index in [4.69, 9.17) is 0 Å². The van der Waals surface area contributed by atoms with E-state index in [1.165, 1.54) is 6.07 Å². The summed E-state index contributed by atoms with van der Waals surface area (Å²) in [7, 11) is 0. The van der Waals surface area contributed by atoms with E-state index >= 15 is 0 Å². The quantitative estimate of drug-likeness (QED) is 0.378. The second kappa shape index (κ2) is 11.2. The van der Waals surface area contributed by atoms with Gasteiger partial charge >= 0.3 is 6.61 Å². The number of hydrogen-bond acceptors (Lipinski definition) is 3. The van der Waals surface area contributed by atoms with Crippen molar-refractivity contribution in [2.75, 3.05) is 13.1 Å². The summed E-state index contributed by atoms with van der Waals surface area (Å²) in [6.07, 6.45) is 5.79. The Morgan fingerprint density at radius 1 is 1.26 bits per heavy atom. The van der Waals surface area contributed by atoms with E-state index in [1.54, 1.807) is 24.4 Å². The van der Waals surface area contributed by atoms with Gasteiger partial charge in [0.25, 0.3) is 0 Å². The molecule has 0 atom stereocenters. The van der Waals surface area contributed by atoms with E-state index < -0.39 is 6.61 Å². The number of hydrogen-bond donors (Lipinski definition) is 2. The van der Waals surface area contributed by atoms with Gasteiger partial charge in [-0.25, -0.2) is 9.98 Å². The average Bonchev–Trinajstić information content (AvgIpc) is 3.05. The molecule has 0 spiro atoms. The van der Waals surface area contributed by atoms with Gasteiger partial charge in [0, 0.05) is 37.6 Å². The van der Waals surface area contributed by atoms with Gasteiger partial charge in [0.05, 0.1) is 6.54 Å². The van der Waals surface area contributed by atoms with Crippen molar-refractivity contribution in [3.63, 3.8) is 0 Å². The molecule has 0 saturated carbocycles. The smallest absolute Gasteiger partial charge is 0.387 e. The van der Waals surface area contributed by atoms with Crippen LogP contribution in [0.4, 0.5) is 8.78 Å². The molecule has 0 amide bonds. The van der Waals surface area contributed by atoms with Crippen molar-refractivity contribution < 1.29 is 13.5 Å². The third kappa shape index (κ3) is 7.24. The summed E-state index contributed by atoms with van der Waals surface area (Å²) >= 11 is 0. The van der Waals surface area contributed by atoms with Gasteiger partial charge in [0.1, 0.15) is 11.6 Å². The molecule has 0 saturated heterocycles. The minimum atomic E-state index is -2.85. The van der Waals surface area contributed by atoms with Gasteiger partial charge in [-0.2, -0.15) is 8.78 Å². The molecule has 2 N–H and O–H groups in total. The minimum absolute atomic E-state index is 0.155. The number of halogens is 2. The van der Waals surface area contributed by atoms with Crippen molar-refractivity contribution in [3.8, 4) is 5.75 Å². The van der Waals surface area contributed by atoms with Crippen molar-refractivity contribution in [1.82, 2.24) is 20.2 Å². The van der Waals surface area contributed by atoms with Gasteiger partial charge in [0.15, 0.2) is 5.96 Å². The molecule has 0 radical (unpaired) electrons. The first-order valence-corrected chi connectivity index (χ1v) is 9.12. The molecule has 1 heterocycles. The van der Waals surface area contributed by atoms with Crippen LogP contribution < -0.4 is 15.4 Å². The van der Waals surface area contributed by atoms with E-state index in [1.807, 2.05) is 20.0 Å². The summed E-state index contributed by atoms with van der Waals surface area (Å²) in [6.45, 7) is 3.80. The normalized spacial score (nSPS) is 11.7. The lowest BCUT2D eigenvalue weighted by atomic mass is 10.2. The molecular formula is C19H27F2N5O. The molecule has 2 rings (SSSR count). The summed E-state index contributed by atoms with van der Waals surface area (Å²) in [5, 5.41) is 6.43. The highest BCUT2D eigenvalue weighted by Gasteiger charge is 2.09. The van der Waals surface area contributed by atoms with Gasteiger partial charge in [-0.15, -0.1) is 0 Å². The maximum atomic E-state index is 12.5. The first-order valence-electron chi connectivity index (χ1n) is 9.12. The number of rotatable bonds is 10. The third-order valence-corrected chi connectivity index (χ3v) is 3.98. The van der Waals surface area contributed by atoms with E-state index in [0.717, 1.165) is 38.3 Å². The van der Waals surface area contributed by atoms with Crippen LogP contribution in [0.3, 0.4) is 0 Å². The minimum Gasteiger partial charge on any atom is -0.434 e. The van der Waals surface area contributed by atoms with Crippen LogP contribution in [-0.2, 0) is 13.1 Å². The van der Waals surface area contributed by atoms with Gasteiger partial charge in [-0.3, -0.25) is 0 Å². The van der Waals surface area contributed by atoms with Crippen LogP contribution in [0.1, 0.15) is 31.2 Å². The van der Waals surface area contributed by atoms with Crippen LogP contribution in [0, 0.1) is 6.92 Å². The fourth-order valence-corrected chi connectivity index (χ4v) is 2.61. The molecule has 148 valence electrons. The van der Waals surface area contributed by atoms with Crippen LogP contribution in [0.15, 0.2) is 41.7 Å². The number of aliphatic imine (C=N–C) groups is 1. The van der Waals surface area contributed by atoms with Crippen LogP contribution in [-0.4, -0.2) is 35.2 Å². The molecule has 0 aliphatic carbocycles. The third-order valence-electron chi connectivity index (χ3n) is 3.98. The predicted octanol–water partition coefficient (Wildman–Crippen LogP) is 3.33. The monoisotopic (exact) mass is 379 g/mol. The van der Waals surface area contributed by atoms with E-state index in [2.05, 4.69) is 29.9 Å². The first-order chi connectivity index (χ1) is 13.1. The molecule has 6 nitrogen and oxygen atoms in total. The lowest BCUT2D eigenvalue weighted by molar-refractivity contribution is -0.0504. The fraction of sp³-hybridized carbons (Fsp3) is 0.474. The Bertz CT molecular complexity index is 718. The lowest BCUT2D eigenvalue weighted by Gasteiger charge is -2.13. The van der Waals surface area contributed by atoms with Gasteiger partial charge in [0.2, 0.25) is 0 Å². The Labute approximate surface area is 158 Å². The summed E-state index contributed by atoms with van der Waals surface area (Å²) in [5.74, 6) is 1.83. The Hall–Kier alpha value is -2.64. The number of imidazole rings is 1. The second-order valence-corrected chi connectivity index (χ2v) is 5.98. The number of nitrogens with one attached hydrogen (secondary N) is 2. The number of para-hydroxylation sites is 1. The molecule has 0 unspecified atom stereocenters. The summed E-state index contributed by atoms with van der Waals surface area (Å²) in [5.41, 5.74) is 0.616. The zero-order valence-electron chi connectivity index (χ0n) is 15.8. The number of alkyl halides is 2. The number of aromatic nitrogens is 2. The molecule has 0 fully saturated rings. The molecule has 2 aromatic rings. The van der Waals surface area contributed by atoms with Crippen molar-refractivity contribution in [2.45, 2.75) is 46.4 Å². The van der Waals surface area contributed by atoms with Gasteiger partial charge in [-0.1, -0.05) is 18.2 Å². The summed E-state index contributed by atoms with van der Waals surface area (Å²) < 4.78 is 31.7. The summed E-state index contributed by atoms with van der Waals surface area (Å²) in [4.78, 5) is 8.67. The maximum absolute atomic E-state index is 12.5. The molecular weight excluding hydrogens is 352 g/mol. The van der Waals surface area contributed by atoms with Crippen molar-refractivity contribution in [3.05, 3.63) is 48.0 Å². The summed E-state index contributed by atoms with van der Waals surface area (Å²) in [6, 6.07) is 6.70. The van der Waals surface area contributed by atoms with E-state index in [9.17, 15) is 8.78 Å². The highest BCUT2D eigenvalue weighted by Crippen LogP contribution is 2.20. The highest BCUT2D eigenvalue weighted by atomic mass is 19.3. The van der Waals surface area contributed by atoms with Crippen LogP contribution in [0.5, 0.6) is 5.75 Å². The number of benzene rings is 1. The largest absolute Gasteiger partial charge is 0.434 e. The van der Waals surface area contributed by atoms with Crippen LogP contribution >= 0.6 is 0 Å². The standard InChI is InChI=1S/C19H27F2N5O/c1-3-22-19(24-10-6-7-12-26-13-11-23-15(26)2)25-14-16-8-4-5-9-17(16)27-18(20)21/h4-5,8-9,11,13,18H,3,6-7,10,12,14H2,1-2H3,(H2,22,24,25). The topological polar surface area (TPSA) is 63.5 Å². The van der Waals surface area contributed by atoms with Crippen molar-refractivity contribution >= 4 is 5.96 Å². The van der Waals surface area contributed by atoms with Crippen LogP contribution in [0.25, 0.3) is 0 Å². The molecule has 8 heteroatoms. The van der Waals surface area contributed by atoms with E-state index in [0.29, 0.717) is 11.5 Å². The predicted molar refractivity (Wildman–Crippen MR) is 102 cm³/mol. The van der Waals surface area contributed by atoms with Gasteiger partial charge < -0.3 is 19.9 Å². The maximum Gasteiger partial charge on any atom is 0.387 e. The van der Waals surface area contributed by atoms with Crippen LogP contribution in [0.2, 0.25) is 0 Å². The Morgan fingerprint density at radius 3 is 2.78 bits per heavy atom. The molecule has 1 aromatic heterocycles. The number of unbranched alkanes of at least 4 members (excludes halogenated alkanes) is 1. The average molecular weight is 379 g/mol. The zero-order chi connectivity index (χ0) is 19.5. The SMILES string of the molecule is CCNC(=NCc1ccccc1OC(F)F)NCCCCn1ccnc1C. The molecule has 0 bridgehead atoms. The van der Waals surface area contributed by atoms with Crippen molar-refractivity contribution in [2.24, 2.45) is 4.99 Å². The Morgan fingerprint density at radius 2 is 2.07 bits per heavy atom. The van der Waals surface area contributed by atoms with Crippen molar-refractivity contribution in [1.29, 1.82) is 0 Å². The number of nitrogens with zero attached hydrogens (tertiary/aromatic N) is 3. The Balaban J connectivity index is 1.82. The highest BCUT2D eigenvalue weighted by molar-refractivity contribution is 5.79. The zero-order valence-corrected chi connectivity index (χ0v) is 15.8. The number of guanidine groups is 1. The Kier molecular flexibility index (Phi) is 8.54.